The summed E-state index contributed by atoms with van der Waals surface area (Å²) in [6.07, 6.45) is 1.54. The summed E-state index contributed by atoms with van der Waals surface area (Å²) in [7, 11) is 3.17. The largest absolute Gasteiger partial charge is 0.493 e. The van der Waals surface area contributed by atoms with Gasteiger partial charge in [0, 0.05) is 5.56 Å². The van der Waals surface area contributed by atoms with E-state index in [0.29, 0.717) is 39.6 Å². The fourth-order valence-electron chi connectivity index (χ4n) is 3.59. The predicted molar refractivity (Wildman–Crippen MR) is 150 cm³/mol. The molecule has 0 spiro atoms. The number of hydrogen-bond donors (Lipinski definition) is 1. The fraction of sp³-hybridized carbons (Fsp3) is 0.133. The van der Waals surface area contributed by atoms with Crippen molar-refractivity contribution in [2.75, 3.05) is 14.2 Å². The second-order valence-electron chi connectivity index (χ2n) is 8.15. The lowest BCUT2D eigenvalue weighted by Crippen LogP contribution is -2.17. The van der Waals surface area contributed by atoms with Crippen molar-refractivity contribution in [1.29, 1.82) is 0 Å². The summed E-state index contributed by atoms with van der Waals surface area (Å²) in [6.45, 7) is 0.730. The Kier molecular flexibility index (Phi) is 9.37. The van der Waals surface area contributed by atoms with E-state index in [1.807, 2.05) is 60.7 Å². The van der Waals surface area contributed by atoms with E-state index in [9.17, 15) is 4.79 Å². The van der Waals surface area contributed by atoms with Gasteiger partial charge in [-0.25, -0.2) is 5.43 Å². The molecule has 0 radical (unpaired) electrons. The van der Waals surface area contributed by atoms with Crippen LogP contribution in [0.5, 0.6) is 23.0 Å². The number of methoxy groups -OCH3 is 2. The summed E-state index contributed by atoms with van der Waals surface area (Å²) < 4.78 is 23.8. The number of carbonyl (C=O) groups is 1. The summed E-state index contributed by atoms with van der Waals surface area (Å²) >= 11 is 3.55. The van der Waals surface area contributed by atoms with Gasteiger partial charge in [-0.2, -0.15) is 5.10 Å². The number of ether oxygens (including phenoxy) is 4. The van der Waals surface area contributed by atoms with Crippen LogP contribution in [0.15, 0.2) is 101 Å². The minimum absolute atomic E-state index is 0.283. The highest BCUT2D eigenvalue weighted by molar-refractivity contribution is 9.10. The highest BCUT2D eigenvalue weighted by Crippen LogP contribution is 2.37. The number of nitrogens with zero attached hydrogens (tertiary/aromatic N) is 1. The van der Waals surface area contributed by atoms with Crippen LogP contribution in [0, 0.1) is 0 Å². The van der Waals surface area contributed by atoms with Crippen LogP contribution in [-0.4, -0.2) is 26.3 Å². The number of nitrogens with one attached hydrogen (secondary N) is 1. The summed E-state index contributed by atoms with van der Waals surface area (Å²) in [5.41, 5.74) is 5.74. The van der Waals surface area contributed by atoms with E-state index in [2.05, 4.69) is 26.5 Å². The van der Waals surface area contributed by atoms with Gasteiger partial charge >= 0.3 is 0 Å². The first kappa shape index (κ1) is 26.8. The topological polar surface area (TPSA) is 78.4 Å². The number of hydrogen-bond acceptors (Lipinski definition) is 6. The molecule has 4 aromatic rings. The molecule has 0 heterocycles. The zero-order valence-corrected chi connectivity index (χ0v) is 22.6. The van der Waals surface area contributed by atoms with Crippen LogP contribution < -0.4 is 24.4 Å². The number of carbonyl (C=O) groups excluding carboxylic acids is 1. The maximum absolute atomic E-state index is 12.2. The van der Waals surface area contributed by atoms with Gasteiger partial charge in [0.1, 0.15) is 13.2 Å². The highest BCUT2D eigenvalue weighted by atomic mass is 79.9. The molecule has 0 aliphatic carbocycles. The number of amides is 1. The Morgan fingerprint density at radius 3 is 2.18 bits per heavy atom. The zero-order valence-electron chi connectivity index (χ0n) is 21.0. The molecule has 1 amide bonds. The Balaban J connectivity index is 1.40. The zero-order chi connectivity index (χ0) is 26.7. The molecule has 0 aromatic heterocycles. The van der Waals surface area contributed by atoms with Crippen molar-refractivity contribution in [3.63, 3.8) is 0 Å². The predicted octanol–water partition coefficient (Wildman–Crippen LogP) is 6.39. The normalized spacial score (nSPS) is 10.7. The Bertz CT molecular complexity index is 1390. The van der Waals surface area contributed by atoms with Gasteiger partial charge < -0.3 is 18.9 Å². The van der Waals surface area contributed by atoms with Crippen LogP contribution in [0.4, 0.5) is 0 Å². The van der Waals surface area contributed by atoms with Crippen molar-refractivity contribution in [2.45, 2.75) is 13.2 Å². The lowest BCUT2D eigenvalue weighted by atomic mass is 10.2. The van der Waals surface area contributed by atoms with E-state index in [0.717, 1.165) is 16.7 Å². The van der Waals surface area contributed by atoms with Crippen molar-refractivity contribution < 1.29 is 23.7 Å². The number of hydrazone groups is 1. The second-order valence-corrected chi connectivity index (χ2v) is 9.00. The summed E-state index contributed by atoms with van der Waals surface area (Å²) in [6, 6.07) is 28.1. The molecule has 1 N–H and O–H groups in total. The molecular formula is C30H27BrN2O5. The van der Waals surface area contributed by atoms with Gasteiger partial charge in [0.15, 0.2) is 23.0 Å². The highest BCUT2D eigenvalue weighted by Gasteiger charge is 2.13. The van der Waals surface area contributed by atoms with Gasteiger partial charge in [0.25, 0.3) is 5.91 Å². The first-order valence-corrected chi connectivity index (χ1v) is 12.6. The Morgan fingerprint density at radius 1 is 0.789 bits per heavy atom. The SMILES string of the molecule is COc1cc(COc2c(Br)cc(/C=N/NC(=O)c3ccccc3)cc2OC)ccc1OCc1ccccc1. The molecule has 0 atom stereocenters. The van der Waals surface area contributed by atoms with Gasteiger partial charge in [-0.05, 0) is 69.0 Å². The maximum Gasteiger partial charge on any atom is 0.271 e. The van der Waals surface area contributed by atoms with Gasteiger partial charge in [-0.3, -0.25) is 4.79 Å². The molecule has 0 aliphatic rings. The van der Waals surface area contributed by atoms with Crippen molar-refractivity contribution >= 4 is 28.1 Å². The molecule has 0 saturated carbocycles. The van der Waals surface area contributed by atoms with Crippen molar-refractivity contribution in [3.8, 4) is 23.0 Å². The first-order valence-electron chi connectivity index (χ1n) is 11.8. The van der Waals surface area contributed by atoms with Gasteiger partial charge in [-0.1, -0.05) is 54.6 Å². The molecule has 4 aromatic carbocycles. The first-order chi connectivity index (χ1) is 18.6. The second kappa shape index (κ2) is 13.3. The smallest absolute Gasteiger partial charge is 0.271 e. The van der Waals surface area contributed by atoms with E-state index in [-0.39, 0.29) is 12.5 Å². The monoisotopic (exact) mass is 574 g/mol. The van der Waals surface area contributed by atoms with Crippen LogP contribution >= 0.6 is 15.9 Å². The van der Waals surface area contributed by atoms with Crippen molar-refractivity contribution in [1.82, 2.24) is 5.43 Å². The molecule has 0 saturated heterocycles. The molecule has 38 heavy (non-hydrogen) atoms. The average Bonchev–Trinajstić information content (AvgIpc) is 2.96. The minimum Gasteiger partial charge on any atom is -0.493 e. The van der Waals surface area contributed by atoms with E-state index < -0.39 is 0 Å². The van der Waals surface area contributed by atoms with Crippen LogP contribution in [0.2, 0.25) is 0 Å². The quantitative estimate of drug-likeness (QED) is 0.166. The van der Waals surface area contributed by atoms with Crippen LogP contribution in [-0.2, 0) is 13.2 Å². The molecular weight excluding hydrogens is 548 g/mol. The third-order valence-electron chi connectivity index (χ3n) is 5.52. The Labute approximate surface area is 230 Å². The molecule has 4 rings (SSSR count). The summed E-state index contributed by atoms with van der Waals surface area (Å²) in [4.78, 5) is 12.2. The van der Waals surface area contributed by atoms with Gasteiger partial charge in [0.05, 0.1) is 24.9 Å². The van der Waals surface area contributed by atoms with Gasteiger partial charge in [0.2, 0.25) is 0 Å². The molecule has 0 fully saturated rings. The van der Waals surface area contributed by atoms with E-state index >= 15 is 0 Å². The number of rotatable bonds is 11. The van der Waals surface area contributed by atoms with Crippen LogP contribution in [0.3, 0.4) is 0 Å². The molecule has 0 bridgehead atoms. The lowest BCUT2D eigenvalue weighted by Gasteiger charge is -2.15. The molecule has 0 unspecified atom stereocenters. The van der Waals surface area contributed by atoms with Crippen LogP contribution in [0.25, 0.3) is 0 Å². The third kappa shape index (κ3) is 7.14. The van der Waals surface area contributed by atoms with Gasteiger partial charge in [-0.15, -0.1) is 0 Å². The average molecular weight is 575 g/mol. The molecule has 0 aliphatic heterocycles. The number of benzene rings is 4. The third-order valence-corrected chi connectivity index (χ3v) is 6.10. The lowest BCUT2D eigenvalue weighted by molar-refractivity contribution is 0.0955. The van der Waals surface area contributed by atoms with E-state index in [1.165, 1.54) is 6.21 Å². The van der Waals surface area contributed by atoms with Crippen molar-refractivity contribution in [3.05, 3.63) is 118 Å². The summed E-state index contributed by atoms with van der Waals surface area (Å²) in [5, 5.41) is 4.05. The summed E-state index contributed by atoms with van der Waals surface area (Å²) in [5.74, 6) is 2.05. The minimum atomic E-state index is -0.292. The van der Waals surface area contributed by atoms with Crippen LogP contribution in [0.1, 0.15) is 27.0 Å². The molecule has 8 heteroatoms. The van der Waals surface area contributed by atoms with E-state index in [4.69, 9.17) is 18.9 Å². The van der Waals surface area contributed by atoms with Crippen molar-refractivity contribution in [2.24, 2.45) is 5.10 Å². The molecule has 7 nitrogen and oxygen atoms in total. The number of halogens is 1. The maximum atomic E-state index is 12.2. The molecule has 194 valence electrons. The Hall–Kier alpha value is -4.30. The standard InChI is InChI=1S/C30H27BrN2O5/c1-35-27-16-22(13-14-26(27)37-19-21-9-5-3-6-10-21)20-38-29-25(31)15-23(17-28(29)36-2)18-32-33-30(34)24-11-7-4-8-12-24/h3-18H,19-20H2,1-2H3,(H,33,34)/b32-18+. The Morgan fingerprint density at radius 2 is 1.47 bits per heavy atom. The fourth-order valence-corrected chi connectivity index (χ4v) is 4.16. The van der Waals surface area contributed by atoms with E-state index in [1.54, 1.807) is 44.6 Å².